The van der Waals surface area contributed by atoms with E-state index in [1.54, 1.807) is 48.5 Å². The molecule has 0 unspecified atom stereocenters. The molecule has 0 atom stereocenters. The summed E-state index contributed by atoms with van der Waals surface area (Å²) in [6.45, 7) is 0.148. The Labute approximate surface area is 145 Å². The number of benzene rings is 2. The van der Waals surface area contributed by atoms with Crippen molar-refractivity contribution < 1.29 is 9.53 Å². The number of amides is 1. The molecular weight excluding hydrogens is 324 g/mol. The number of rotatable bonds is 5. The van der Waals surface area contributed by atoms with Gasteiger partial charge in [-0.05, 0) is 48.0 Å². The van der Waals surface area contributed by atoms with Crippen LogP contribution in [0.25, 0.3) is 6.08 Å². The first kappa shape index (κ1) is 17.1. The zero-order valence-electron chi connectivity index (χ0n) is 12.6. The topological polar surface area (TPSA) is 62.1 Å². The lowest BCUT2D eigenvalue weighted by molar-refractivity contribution is -0.112. The second-order valence-electron chi connectivity index (χ2n) is 4.70. The maximum absolute atomic E-state index is 12.2. The highest BCUT2D eigenvalue weighted by Crippen LogP contribution is 2.17. The minimum Gasteiger partial charge on any atom is -0.481 e. The predicted octanol–water partition coefficient (Wildman–Crippen LogP) is 3.90. The van der Waals surface area contributed by atoms with E-state index in [1.165, 1.54) is 6.08 Å². The van der Waals surface area contributed by atoms with Gasteiger partial charge in [-0.15, -0.1) is 6.42 Å². The highest BCUT2D eigenvalue weighted by Gasteiger charge is 2.09. The van der Waals surface area contributed by atoms with Gasteiger partial charge in [0.05, 0.1) is 0 Å². The number of carbonyl (C=O) groups excluding carboxylic acids is 1. The van der Waals surface area contributed by atoms with Crippen LogP contribution in [0.15, 0.2) is 54.1 Å². The van der Waals surface area contributed by atoms with E-state index in [1.807, 2.05) is 6.07 Å². The van der Waals surface area contributed by atoms with Crippen molar-refractivity contribution in [1.82, 2.24) is 0 Å². The highest BCUT2D eigenvalue weighted by atomic mass is 35.5. The van der Waals surface area contributed by atoms with Crippen molar-refractivity contribution in [3.05, 3.63) is 64.7 Å². The molecule has 0 radical (unpaired) electrons. The Morgan fingerprint density at radius 2 is 2.04 bits per heavy atom. The second kappa shape index (κ2) is 8.43. The number of hydrogen-bond acceptors (Lipinski definition) is 3. The summed E-state index contributed by atoms with van der Waals surface area (Å²) in [6, 6.07) is 15.5. The molecule has 2 aromatic rings. The average molecular weight is 337 g/mol. The number of terminal acetylenes is 1. The van der Waals surface area contributed by atoms with E-state index in [0.29, 0.717) is 22.0 Å². The lowest BCUT2D eigenvalue weighted by atomic mass is 10.1. The summed E-state index contributed by atoms with van der Waals surface area (Å²) in [5.74, 6) is 2.44. The predicted molar refractivity (Wildman–Crippen MR) is 94.4 cm³/mol. The van der Waals surface area contributed by atoms with Gasteiger partial charge in [0, 0.05) is 10.7 Å². The molecule has 24 heavy (non-hydrogen) atoms. The molecule has 0 fully saturated rings. The van der Waals surface area contributed by atoms with Gasteiger partial charge in [0.1, 0.15) is 24.0 Å². The van der Waals surface area contributed by atoms with Crippen LogP contribution in [-0.2, 0) is 4.79 Å². The molecule has 118 valence electrons. The fraction of sp³-hybridized carbons (Fsp3) is 0.0526. The van der Waals surface area contributed by atoms with E-state index in [-0.39, 0.29) is 12.2 Å². The molecule has 2 aromatic carbocycles. The molecule has 0 saturated heterocycles. The average Bonchev–Trinajstić information content (AvgIpc) is 2.60. The number of nitrogens with zero attached hydrogens (tertiary/aromatic N) is 1. The van der Waals surface area contributed by atoms with E-state index in [0.717, 1.165) is 0 Å². The molecule has 0 aliphatic heterocycles. The van der Waals surface area contributed by atoms with Gasteiger partial charge in [-0.1, -0.05) is 29.7 Å². The van der Waals surface area contributed by atoms with Gasteiger partial charge in [0.2, 0.25) is 0 Å². The van der Waals surface area contributed by atoms with Crippen molar-refractivity contribution in [2.45, 2.75) is 0 Å². The fourth-order valence-electron chi connectivity index (χ4n) is 1.87. The number of anilines is 1. The normalized spacial score (nSPS) is 10.4. The Hall–Kier alpha value is -3.21. The van der Waals surface area contributed by atoms with Crippen molar-refractivity contribution in [2.75, 3.05) is 11.9 Å². The van der Waals surface area contributed by atoms with Crippen LogP contribution >= 0.6 is 11.6 Å². The van der Waals surface area contributed by atoms with E-state index < -0.39 is 5.91 Å². The van der Waals surface area contributed by atoms with Gasteiger partial charge in [0.15, 0.2) is 0 Å². The molecule has 2 rings (SSSR count). The molecular formula is C19H13ClN2O2. The molecule has 0 heterocycles. The first-order chi connectivity index (χ1) is 11.6. The van der Waals surface area contributed by atoms with Crippen molar-refractivity contribution in [3.63, 3.8) is 0 Å². The SMILES string of the molecule is C#CCOc1cccc(/C=C(/C#N)C(=O)Nc2ccc(Cl)cc2)c1. The number of ether oxygens (including phenoxy) is 1. The van der Waals surface area contributed by atoms with E-state index >= 15 is 0 Å². The third-order valence-electron chi connectivity index (χ3n) is 2.96. The molecule has 0 aliphatic carbocycles. The third-order valence-corrected chi connectivity index (χ3v) is 3.21. The molecule has 0 aliphatic rings. The third kappa shape index (κ3) is 4.91. The minimum absolute atomic E-state index is 0.0287. The zero-order valence-corrected chi connectivity index (χ0v) is 13.4. The van der Waals surface area contributed by atoms with Crippen molar-refractivity contribution in [2.24, 2.45) is 0 Å². The Balaban J connectivity index is 2.16. The van der Waals surface area contributed by atoms with Gasteiger partial charge >= 0.3 is 0 Å². The molecule has 0 saturated carbocycles. The molecule has 5 heteroatoms. The monoisotopic (exact) mass is 336 g/mol. The van der Waals surface area contributed by atoms with Crippen LogP contribution in [0.4, 0.5) is 5.69 Å². The summed E-state index contributed by atoms with van der Waals surface area (Å²) in [6.07, 6.45) is 6.63. The van der Waals surface area contributed by atoms with Crippen LogP contribution < -0.4 is 10.1 Å². The Morgan fingerprint density at radius 3 is 2.71 bits per heavy atom. The minimum atomic E-state index is -0.505. The summed E-state index contributed by atoms with van der Waals surface area (Å²) < 4.78 is 5.32. The summed E-state index contributed by atoms with van der Waals surface area (Å²) in [7, 11) is 0. The first-order valence-corrected chi connectivity index (χ1v) is 7.35. The van der Waals surface area contributed by atoms with Crippen molar-refractivity contribution in [1.29, 1.82) is 5.26 Å². The number of nitriles is 1. The van der Waals surface area contributed by atoms with Crippen molar-refractivity contribution >= 4 is 29.3 Å². The molecule has 0 bridgehead atoms. The van der Waals surface area contributed by atoms with Gasteiger partial charge in [0.25, 0.3) is 5.91 Å². The Morgan fingerprint density at radius 1 is 1.29 bits per heavy atom. The standard InChI is InChI=1S/C19H13ClN2O2/c1-2-10-24-18-5-3-4-14(12-18)11-15(13-21)19(23)22-17-8-6-16(20)7-9-17/h1,3-9,11-12H,10H2,(H,22,23)/b15-11-. The molecule has 0 aromatic heterocycles. The molecule has 0 spiro atoms. The van der Waals surface area contributed by atoms with Crippen LogP contribution in [0, 0.1) is 23.7 Å². The smallest absolute Gasteiger partial charge is 0.266 e. The molecule has 4 nitrogen and oxygen atoms in total. The maximum atomic E-state index is 12.2. The molecule has 1 N–H and O–H groups in total. The molecule has 1 amide bonds. The van der Waals surface area contributed by atoms with Gasteiger partial charge in [-0.3, -0.25) is 4.79 Å². The highest BCUT2D eigenvalue weighted by molar-refractivity contribution is 6.30. The van der Waals surface area contributed by atoms with Gasteiger partial charge < -0.3 is 10.1 Å². The maximum Gasteiger partial charge on any atom is 0.266 e. The number of carbonyl (C=O) groups is 1. The lowest BCUT2D eigenvalue weighted by Gasteiger charge is -2.05. The summed E-state index contributed by atoms with van der Waals surface area (Å²) in [5, 5.41) is 12.4. The van der Waals surface area contributed by atoms with Crippen LogP contribution in [0.2, 0.25) is 5.02 Å². The number of halogens is 1. The largest absolute Gasteiger partial charge is 0.481 e. The number of hydrogen-bond donors (Lipinski definition) is 1. The van der Waals surface area contributed by atoms with E-state index in [4.69, 9.17) is 22.8 Å². The van der Waals surface area contributed by atoms with Crippen LogP contribution in [0.3, 0.4) is 0 Å². The fourth-order valence-corrected chi connectivity index (χ4v) is 1.99. The zero-order chi connectivity index (χ0) is 17.4. The van der Waals surface area contributed by atoms with Crippen LogP contribution in [0.1, 0.15) is 5.56 Å². The van der Waals surface area contributed by atoms with E-state index in [2.05, 4.69) is 11.2 Å². The summed E-state index contributed by atoms with van der Waals surface area (Å²) >= 11 is 5.80. The summed E-state index contributed by atoms with van der Waals surface area (Å²) in [5.41, 5.74) is 1.18. The van der Waals surface area contributed by atoms with Gasteiger partial charge in [-0.2, -0.15) is 5.26 Å². The lowest BCUT2D eigenvalue weighted by Crippen LogP contribution is -2.13. The Bertz CT molecular complexity index is 843. The van der Waals surface area contributed by atoms with Crippen LogP contribution in [0.5, 0.6) is 5.75 Å². The Kier molecular flexibility index (Phi) is 6.02. The number of nitrogens with one attached hydrogen (secondary N) is 1. The van der Waals surface area contributed by atoms with E-state index in [9.17, 15) is 10.1 Å². The first-order valence-electron chi connectivity index (χ1n) is 6.97. The van der Waals surface area contributed by atoms with Crippen molar-refractivity contribution in [3.8, 4) is 24.2 Å². The second-order valence-corrected chi connectivity index (χ2v) is 5.13. The van der Waals surface area contributed by atoms with Gasteiger partial charge in [-0.25, -0.2) is 0 Å². The summed E-state index contributed by atoms with van der Waals surface area (Å²) in [4.78, 5) is 12.2. The quantitative estimate of drug-likeness (QED) is 0.511. The van der Waals surface area contributed by atoms with Crippen LogP contribution in [-0.4, -0.2) is 12.5 Å².